The molecule has 2 aliphatic rings. The summed E-state index contributed by atoms with van der Waals surface area (Å²) >= 11 is 0. The summed E-state index contributed by atoms with van der Waals surface area (Å²) in [4.78, 5) is 0. The van der Waals surface area contributed by atoms with E-state index in [0.29, 0.717) is 11.8 Å². The number of hydrogen-bond acceptors (Lipinski definition) is 3. The third-order valence-electron chi connectivity index (χ3n) is 3.31. The number of nitrogens with one attached hydrogen (secondary N) is 2. The van der Waals surface area contributed by atoms with Gasteiger partial charge >= 0.3 is 0 Å². The molecular weight excluding hydrogens is 200 g/mol. The van der Waals surface area contributed by atoms with Crippen LogP contribution in [-0.4, -0.2) is 32.0 Å². The maximum absolute atomic E-state index is 5.91. The molecule has 0 spiro atoms. The highest BCUT2D eigenvalue weighted by atomic mass is 35.5. The highest BCUT2D eigenvalue weighted by Crippen LogP contribution is 2.27. The molecule has 2 fully saturated rings. The summed E-state index contributed by atoms with van der Waals surface area (Å²) in [5, 5.41) is 6.91. The molecule has 3 unspecified atom stereocenters. The molecule has 0 saturated carbocycles. The van der Waals surface area contributed by atoms with Crippen molar-refractivity contribution < 1.29 is 4.74 Å². The topological polar surface area (TPSA) is 33.3 Å². The van der Waals surface area contributed by atoms with Gasteiger partial charge in [-0.05, 0) is 25.8 Å². The maximum Gasteiger partial charge on any atom is 0.120 e. The van der Waals surface area contributed by atoms with Crippen molar-refractivity contribution in [1.82, 2.24) is 10.6 Å². The molecule has 0 aromatic carbocycles. The second-order valence-corrected chi connectivity index (χ2v) is 4.59. The summed E-state index contributed by atoms with van der Waals surface area (Å²) in [5.74, 6) is 1.29. The molecule has 0 aromatic heterocycles. The van der Waals surface area contributed by atoms with Crippen molar-refractivity contribution in [1.29, 1.82) is 0 Å². The molecule has 0 amide bonds. The van der Waals surface area contributed by atoms with E-state index in [0.717, 1.165) is 26.2 Å². The summed E-state index contributed by atoms with van der Waals surface area (Å²) in [5.41, 5.74) is -0.0734. The second-order valence-electron chi connectivity index (χ2n) is 4.59. The van der Waals surface area contributed by atoms with E-state index in [4.69, 9.17) is 4.74 Å². The molecule has 2 saturated heterocycles. The normalized spacial score (nSPS) is 43.3. The van der Waals surface area contributed by atoms with Gasteiger partial charge in [-0.2, -0.15) is 0 Å². The Balaban J connectivity index is 0.000000980. The molecule has 3 nitrogen and oxygen atoms in total. The van der Waals surface area contributed by atoms with Crippen LogP contribution in [0.25, 0.3) is 0 Å². The summed E-state index contributed by atoms with van der Waals surface area (Å²) < 4.78 is 5.91. The lowest BCUT2D eigenvalue weighted by Crippen LogP contribution is -2.57. The SMILES string of the molecule is CC1CNC(C)(C2CCNC2)OC1.Cl. The van der Waals surface area contributed by atoms with Crippen LogP contribution in [0, 0.1) is 11.8 Å². The quantitative estimate of drug-likeness (QED) is 0.692. The minimum atomic E-state index is -0.0734. The molecule has 0 aromatic rings. The number of halogens is 1. The standard InChI is InChI=1S/C10H20N2O.ClH/c1-8-5-12-10(2,13-7-8)9-3-4-11-6-9;/h8-9,11-12H,3-7H2,1-2H3;1H. The Hall–Kier alpha value is 0.170. The van der Waals surface area contributed by atoms with Crippen LogP contribution in [0.15, 0.2) is 0 Å². The van der Waals surface area contributed by atoms with Crippen LogP contribution in [-0.2, 0) is 4.74 Å². The van der Waals surface area contributed by atoms with Gasteiger partial charge in [0.25, 0.3) is 0 Å². The summed E-state index contributed by atoms with van der Waals surface area (Å²) in [7, 11) is 0. The van der Waals surface area contributed by atoms with Crippen molar-refractivity contribution in [2.24, 2.45) is 11.8 Å². The first kappa shape index (κ1) is 12.2. The molecular formula is C10H21ClN2O. The van der Waals surface area contributed by atoms with Crippen molar-refractivity contribution in [2.75, 3.05) is 26.2 Å². The zero-order chi connectivity index (χ0) is 9.31. The van der Waals surface area contributed by atoms with Gasteiger partial charge in [0.1, 0.15) is 5.72 Å². The Kier molecular flexibility index (Phi) is 4.19. The first-order valence-electron chi connectivity index (χ1n) is 5.30. The van der Waals surface area contributed by atoms with Gasteiger partial charge in [-0.15, -0.1) is 12.4 Å². The van der Waals surface area contributed by atoms with E-state index in [-0.39, 0.29) is 18.1 Å². The van der Waals surface area contributed by atoms with Crippen molar-refractivity contribution >= 4 is 12.4 Å². The molecule has 2 aliphatic heterocycles. The van der Waals surface area contributed by atoms with E-state index in [1.165, 1.54) is 6.42 Å². The summed E-state index contributed by atoms with van der Waals surface area (Å²) in [6.07, 6.45) is 1.23. The second kappa shape index (κ2) is 4.79. The molecule has 14 heavy (non-hydrogen) atoms. The van der Waals surface area contributed by atoms with Crippen molar-refractivity contribution in [3.05, 3.63) is 0 Å². The smallest absolute Gasteiger partial charge is 0.120 e. The van der Waals surface area contributed by atoms with Crippen LogP contribution >= 0.6 is 12.4 Å². The van der Waals surface area contributed by atoms with Gasteiger partial charge in [0.05, 0.1) is 6.61 Å². The molecule has 2 N–H and O–H groups in total. The van der Waals surface area contributed by atoms with Crippen molar-refractivity contribution in [3.63, 3.8) is 0 Å². The average molecular weight is 221 g/mol. The van der Waals surface area contributed by atoms with Crippen LogP contribution in [0.2, 0.25) is 0 Å². The molecule has 2 heterocycles. The van der Waals surface area contributed by atoms with E-state index in [1.807, 2.05) is 0 Å². The predicted molar refractivity (Wildman–Crippen MR) is 59.7 cm³/mol. The fourth-order valence-electron chi connectivity index (χ4n) is 2.19. The lowest BCUT2D eigenvalue weighted by atomic mass is 9.94. The minimum absolute atomic E-state index is 0. The number of ether oxygens (including phenoxy) is 1. The molecule has 84 valence electrons. The van der Waals surface area contributed by atoms with Gasteiger partial charge in [-0.1, -0.05) is 6.92 Å². The van der Waals surface area contributed by atoms with Crippen LogP contribution < -0.4 is 10.6 Å². The molecule has 0 aliphatic carbocycles. The first-order valence-corrected chi connectivity index (χ1v) is 5.30. The lowest BCUT2D eigenvalue weighted by molar-refractivity contribution is -0.131. The van der Waals surface area contributed by atoms with Gasteiger partial charge in [-0.25, -0.2) is 0 Å². The van der Waals surface area contributed by atoms with E-state index >= 15 is 0 Å². The highest BCUT2D eigenvalue weighted by molar-refractivity contribution is 5.85. The Morgan fingerprint density at radius 3 is 2.64 bits per heavy atom. The van der Waals surface area contributed by atoms with E-state index in [9.17, 15) is 0 Å². The van der Waals surface area contributed by atoms with Crippen LogP contribution in [0.4, 0.5) is 0 Å². The lowest BCUT2D eigenvalue weighted by Gasteiger charge is -2.41. The monoisotopic (exact) mass is 220 g/mol. The highest BCUT2D eigenvalue weighted by Gasteiger charge is 2.39. The Bertz CT molecular complexity index is 175. The van der Waals surface area contributed by atoms with Gasteiger partial charge < -0.3 is 10.1 Å². The fourth-order valence-corrected chi connectivity index (χ4v) is 2.19. The summed E-state index contributed by atoms with van der Waals surface area (Å²) in [6, 6.07) is 0. The summed E-state index contributed by atoms with van der Waals surface area (Å²) in [6.45, 7) is 8.64. The molecule has 3 atom stereocenters. The predicted octanol–water partition coefficient (Wildman–Crippen LogP) is 0.990. The zero-order valence-electron chi connectivity index (χ0n) is 9.01. The maximum atomic E-state index is 5.91. The van der Waals surface area contributed by atoms with E-state index < -0.39 is 0 Å². The zero-order valence-corrected chi connectivity index (χ0v) is 9.82. The van der Waals surface area contributed by atoms with E-state index in [1.54, 1.807) is 0 Å². The molecule has 4 heteroatoms. The van der Waals surface area contributed by atoms with Crippen LogP contribution in [0.1, 0.15) is 20.3 Å². The fraction of sp³-hybridized carbons (Fsp3) is 1.00. The molecule has 0 radical (unpaired) electrons. The average Bonchev–Trinajstić information content (AvgIpc) is 2.63. The Labute approximate surface area is 92.4 Å². The Morgan fingerprint density at radius 2 is 2.14 bits per heavy atom. The van der Waals surface area contributed by atoms with Crippen LogP contribution in [0.5, 0.6) is 0 Å². The molecule has 0 bridgehead atoms. The van der Waals surface area contributed by atoms with Gasteiger partial charge in [0, 0.05) is 19.0 Å². The number of rotatable bonds is 1. The van der Waals surface area contributed by atoms with Gasteiger partial charge in [0.2, 0.25) is 0 Å². The Morgan fingerprint density at radius 1 is 1.36 bits per heavy atom. The van der Waals surface area contributed by atoms with Gasteiger partial charge in [-0.3, -0.25) is 5.32 Å². The third kappa shape index (κ3) is 2.40. The first-order chi connectivity index (χ1) is 6.21. The third-order valence-corrected chi connectivity index (χ3v) is 3.31. The number of hydrogen-bond donors (Lipinski definition) is 2. The van der Waals surface area contributed by atoms with Crippen molar-refractivity contribution in [2.45, 2.75) is 26.0 Å². The molecule has 2 rings (SSSR count). The van der Waals surface area contributed by atoms with Gasteiger partial charge in [0.15, 0.2) is 0 Å². The van der Waals surface area contributed by atoms with Crippen LogP contribution in [0.3, 0.4) is 0 Å². The van der Waals surface area contributed by atoms with E-state index in [2.05, 4.69) is 24.5 Å². The largest absolute Gasteiger partial charge is 0.360 e. The minimum Gasteiger partial charge on any atom is -0.360 e. The van der Waals surface area contributed by atoms with Crippen molar-refractivity contribution in [3.8, 4) is 0 Å².